The normalized spacial score (nSPS) is 11.5. The predicted octanol–water partition coefficient (Wildman–Crippen LogP) is 3.47. The van der Waals surface area contributed by atoms with Gasteiger partial charge >= 0.3 is 0 Å². The summed E-state index contributed by atoms with van der Waals surface area (Å²) in [5.74, 6) is 0.684. The van der Waals surface area contributed by atoms with Crippen LogP contribution in [0.15, 0.2) is 16.6 Å². The third-order valence-corrected chi connectivity index (χ3v) is 3.39. The first-order valence-corrected chi connectivity index (χ1v) is 6.44. The van der Waals surface area contributed by atoms with Crippen molar-refractivity contribution in [3.05, 3.63) is 28.0 Å². The van der Waals surface area contributed by atoms with Gasteiger partial charge in [0.1, 0.15) is 0 Å². The lowest BCUT2D eigenvalue weighted by molar-refractivity contribution is 0.712. The van der Waals surface area contributed by atoms with Gasteiger partial charge in [-0.05, 0) is 28.8 Å². The van der Waals surface area contributed by atoms with E-state index >= 15 is 0 Å². The number of nitrogens with zero attached hydrogens (tertiary/aromatic N) is 2. The molecule has 1 aromatic heterocycles. The molecule has 0 radical (unpaired) electrons. The van der Waals surface area contributed by atoms with Crippen molar-refractivity contribution in [2.24, 2.45) is 7.05 Å². The fraction of sp³-hybridized carbons (Fsp3) is 0.545. The van der Waals surface area contributed by atoms with Crippen molar-refractivity contribution >= 4 is 27.5 Å². The van der Waals surface area contributed by atoms with Gasteiger partial charge < -0.3 is 0 Å². The summed E-state index contributed by atoms with van der Waals surface area (Å²) in [4.78, 5) is 0. The highest BCUT2D eigenvalue weighted by Gasteiger charge is 2.10. The summed E-state index contributed by atoms with van der Waals surface area (Å²) in [6.07, 6.45) is 7.04. The van der Waals surface area contributed by atoms with Crippen molar-refractivity contribution in [1.82, 2.24) is 9.78 Å². The highest BCUT2D eigenvalue weighted by molar-refractivity contribution is 9.10. The molecule has 0 aliphatic heterocycles. The monoisotopic (exact) mass is 290 g/mol. The van der Waals surface area contributed by atoms with E-state index in [0.29, 0.717) is 5.88 Å². The SMILES string of the molecule is CCc1nn(C)c(CC=CCCCl)c1Br. The average Bonchev–Trinajstić information content (AvgIpc) is 2.50. The lowest BCUT2D eigenvalue weighted by Crippen LogP contribution is -1.97. The summed E-state index contributed by atoms with van der Waals surface area (Å²) in [5, 5.41) is 4.44. The number of rotatable bonds is 5. The van der Waals surface area contributed by atoms with E-state index in [9.17, 15) is 0 Å². The fourth-order valence-electron chi connectivity index (χ4n) is 1.42. The topological polar surface area (TPSA) is 17.8 Å². The number of hydrogen-bond donors (Lipinski definition) is 0. The van der Waals surface area contributed by atoms with Crippen molar-refractivity contribution in [3.8, 4) is 0 Å². The van der Waals surface area contributed by atoms with Gasteiger partial charge in [0.2, 0.25) is 0 Å². The minimum absolute atomic E-state index is 0.684. The van der Waals surface area contributed by atoms with Crippen LogP contribution in [0.3, 0.4) is 0 Å². The van der Waals surface area contributed by atoms with Crippen LogP contribution in [-0.2, 0) is 19.9 Å². The van der Waals surface area contributed by atoms with Gasteiger partial charge in [0.25, 0.3) is 0 Å². The molecule has 0 atom stereocenters. The van der Waals surface area contributed by atoms with Gasteiger partial charge in [0.05, 0.1) is 15.9 Å². The molecule has 0 unspecified atom stereocenters. The molecule has 1 heterocycles. The molecular weight excluding hydrogens is 275 g/mol. The molecule has 0 fully saturated rings. The third-order valence-electron chi connectivity index (χ3n) is 2.26. The maximum atomic E-state index is 5.59. The van der Waals surface area contributed by atoms with Gasteiger partial charge in [-0.25, -0.2) is 0 Å². The van der Waals surface area contributed by atoms with Crippen LogP contribution in [-0.4, -0.2) is 15.7 Å². The average molecular weight is 292 g/mol. The van der Waals surface area contributed by atoms with E-state index in [0.717, 1.165) is 29.4 Å². The van der Waals surface area contributed by atoms with Crippen LogP contribution >= 0.6 is 27.5 Å². The highest BCUT2D eigenvalue weighted by atomic mass is 79.9. The summed E-state index contributed by atoms with van der Waals surface area (Å²) < 4.78 is 3.08. The third kappa shape index (κ3) is 3.35. The molecule has 15 heavy (non-hydrogen) atoms. The molecule has 0 saturated carbocycles. The van der Waals surface area contributed by atoms with Crippen molar-refractivity contribution in [2.45, 2.75) is 26.2 Å². The Balaban J connectivity index is 2.72. The van der Waals surface area contributed by atoms with E-state index < -0.39 is 0 Å². The molecule has 0 N–H and O–H groups in total. The number of hydrogen-bond acceptors (Lipinski definition) is 1. The van der Waals surface area contributed by atoms with Gasteiger partial charge in [0, 0.05) is 19.3 Å². The quantitative estimate of drug-likeness (QED) is 0.600. The summed E-state index contributed by atoms with van der Waals surface area (Å²) >= 11 is 9.18. The second-order valence-corrected chi connectivity index (χ2v) is 4.51. The zero-order valence-corrected chi connectivity index (χ0v) is 11.5. The molecule has 0 aliphatic carbocycles. The largest absolute Gasteiger partial charge is 0.271 e. The van der Waals surface area contributed by atoms with E-state index in [4.69, 9.17) is 11.6 Å². The molecule has 1 rings (SSSR count). The Morgan fingerprint density at radius 2 is 2.20 bits per heavy atom. The Bertz CT molecular complexity index is 345. The molecule has 0 aromatic carbocycles. The van der Waals surface area contributed by atoms with Crippen molar-refractivity contribution in [2.75, 3.05) is 5.88 Å². The number of aromatic nitrogens is 2. The van der Waals surface area contributed by atoms with Crippen LogP contribution in [0.25, 0.3) is 0 Å². The van der Waals surface area contributed by atoms with Crippen LogP contribution in [0.4, 0.5) is 0 Å². The second-order valence-electron chi connectivity index (χ2n) is 3.34. The second kappa shape index (κ2) is 6.33. The Morgan fingerprint density at radius 3 is 2.73 bits per heavy atom. The Labute approximate surface area is 104 Å². The maximum absolute atomic E-state index is 5.59. The van der Waals surface area contributed by atoms with E-state index in [-0.39, 0.29) is 0 Å². The van der Waals surface area contributed by atoms with Crippen LogP contribution in [0.2, 0.25) is 0 Å². The standard InChI is InChI=1S/C11H16BrClN2/c1-3-9-11(12)10(15(2)14-9)7-5-4-6-8-13/h4-5H,3,6-8H2,1-2H3. The van der Waals surface area contributed by atoms with Crippen LogP contribution in [0, 0.1) is 0 Å². The molecule has 4 heteroatoms. The van der Waals surface area contributed by atoms with Crippen molar-refractivity contribution in [3.63, 3.8) is 0 Å². The lowest BCUT2D eigenvalue weighted by Gasteiger charge is -1.97. The summed E-state index contributed by atoms with van der Waals surface area (Å²) in [7, 11) is 1.98. The van der Waals surface area contributed by atoms with Gasteiger partial charge in [-0.1, -0.05) is 19.1 Å². The van der Waals surface area contributed by atoms with Crippen molar-refractivity contribution in [1.29, 1.82) is 0 Å². The molecule has 2 nitrogen and oxygen atoms in total. The number of aryl methyl sites for hydroxylation is 2. The first-order chi connectivity index (χ1) is 7.20. The highest BCUT2D eigenvalue weighted by Crippen LogP contribution is 2.22. The van der Waals surface area contributed by atoms with Gasteiger partial charge in [-0.2, -0.15) is 5.10 Å². The lowest BCUT2D eigenvalue weighted by atomic mass is 10.2. The zero-order chi connectivity index (χ0) is 11.3. The molecule has 84 valence electrons. The molecule has 1 aromatic rings. The van der Waals surface area contributed by atoms with Crippen LogP contribution in [0.5, 0.6) is 0 Å². The Hall–Kier alpha value is -0.280. The zero-order valence-electron chi connectivity index (χ0n) is 9.13. The van der Waals surface area contributed by atoms with Crippen molar-refractivity contribution < 1.29 is 0 Å². The number of allylic oxidation sites excluding steroid dienone is 2. The summed E-state index contributed by atoms with van der Waals surface area (Å²) in [5.41, 5.74) is 2.34. The Morgan fingerprint density at radius 1 is 1.47 bits per heavy atom. The first kappa shape index (κ1) is 12.8. The fourth-order valence-corrected chi connectivity index (χ4v) is 2.32. The smallest absolute Gasteiger partial charge is 0.0766 e. The van der Waals surface area contributed by atoms with E-state index in [1.807, 2.05) is 11.7 Å². The first-order valence-electron chi connectivity index (χ1n) is 5.11. The van der Waals surface area contributed by atoms with Gasteiger partial charge in [-0.15, -0.1) is 11.6 Å². The molecule has 0 aliphatic rings. The molecular formula is C11H16BrClN2. The van der Waals surface area contributed by atoms with E-state index in [2.05, 4.69) is 40.1 Å². The minimum atomic E-state index is 0.684. The van der Waals surface area contributed by atoms with E-state index in [1.165, 1.54) is 5.69 Å². The van der Waals surface area contributed by atoms with Crippen LogP contribution in [0.1, 0.15) is 24.7 Å². The van der Waals surface area contributed by atoms with Gasteiger partial charge in [-0.3, -0.25) is 4.68 Å². The number of halogens is 2. The number of alkyl halides is 1. The molecule has 0 spiro atoms. The summed E-state index contributed by atoms with van der Waals surface area (Å²) in [6, 6.07) is 0. The molecule has 0 amide bonds. The summed E-state index contributed by atoms with van der Waals surface area (Å²) in [6.45, 7) is 2.11. The minimum Gasteiger partial charge on any atom is -0.271 e. The Kier molecular flexibility index (Phi) is 5.40. The predicted molar refractivity (Wildman–Crippen MR) is 68.5 cm³/mol. The van der Waals surface area contributed by atoms with E-state index in [1.54, 1.807) is 0 Å². The molecule has 0 bridgehead atoms. The van der Waals surface area contributed by atoms with Gasteiger partial charge in [0.15, 0.2) is 0 Å². The van der Waals surface area contributed by atoms with Crippen LogP contribution < -0.4 is 0 Å². The molecule has 0 saturated heterocycles. The maximum Gasteiger partial charge on any atom is 0.0766 e.